The first-order chi connectivity index (χ1) is 8.11. The Balaban J connectivity index is 2.91. The molecule has 0 spiro atoms. The Morgan fingerprint density at radius 3 is 1.82 bits per heavy atom. The van der Waals surface area contributed by atoms with Gasteiger partial charge in [-0.1, -0.05) is 6.42 Å². The summed E-state index contributed by atoms with van der Waals surface area (Å²) in [6, 6.07) is 0. The molecule has 0 aromatic heterocycles. The second-order valence-electron chi connectivity index (χ2n) is 4.13. The monoisotopic (exact) mass is 240 g/mol. The molecule has 17 heavy (non-hydrogen) atoms. The fourth-order valence-electron chi connectivity index (χ4n) is 1.86. The number of hydrogen-bond donors (Lipinski definition) is 0. The Kier molecular flexibility index (Phi) is 5.19. The van der Waals surface area contributed by atoms with E-state index in [0.29, 0.717) is 5.92 Å². The van der Waals surface area contributed by atoms with Crippen LogP contribution in [0, 0.1) is 5.92 Å². The zero-order chi connectivity index (χ0) is 12.8. The summed E-state index contributed by atoms with van der Waals surface area (Å²) in [6.07, 6.45) is 3.23. The molecular formula is C13H20O4. The molecule has 0 aromatic carbocycles. The molecule has 0 bridgehead atoms. The van der Waals surface area contributed by atoms with Crippen molar-refractivity contribution < 1.29 is 19.1 Å². The van der Waals surface area contributed by atoms with Gasteiger partial charge in [-0.15, -0.1) is 0 Å². The van der Waals surface area contributed by atoms with Crippen LogP contribution in [-0.4, -0.2) is 25.2 Å². The maximum Gasteiger partial charge on any atom is 0.345 e. The van der Waals surface area contributed by atoms with Crippen LogP contribution < -0.4 is 0 Å². The van der Waals surface area contributed by atoms with E-state index >= 15 is 0 Å². The first-order valence-corrected chi connectivity index (χ1v) is 6.16. The Morgan fingerprint density at radius 2 is 1.53 bits per heavy atom. The molecule has 96 valence electrons. The largest absolute Gasteiger partial charge is 0.462 e. The van der Waals surface area contributed by atoms with Gasteiger partial charge < -0.3 is 9.47 Å². The van der Waals surface area contributed by atoms with Crippen molar-refractivity contribution >= 4 is 11.9 Å². The van der Waals surface area contributed by atoms with Crippen molar-refractivity contribution in [2.75, 3.05) is 13.2 Å². The summed E-state index contributed by atoms with van der Waals surface area (Å²) < 4.78 is 9.83. The molecule has 0 unspecified atom stereocenters. The predicted molar refractivity (Wildman–Crippen MR) is 63.3 cm³/mol. The maximum absolute atomic E-state index is 11.8. The van der Waals surface area contributed by atoms with Crippen LogP contribution in [-0.2, 0) is 19.1 Å². The van der Waals surface area contributed by atoms with Crippen molar-refractivity contribution in [3.63, 3.8) is 0 Å². The van der Waals surface area contributed by atoms with Gasteiger partial charge in [0.25, 0.3) is 0 Å². The van der Waals surface area contributed by atoms with Gasteiger partial charge in [-0.2, -0.15) is 0 Å². The molecule has 0 atom stereocenters. The fraction of sp³-hybridized carbons (Fsp3) is 0.692. The molecule has 0 aromatic rings. The summed E-state index contributed by atoms with van der Waals surface area (Å²) in [7, 11) is 0. The van der Waals surface area contributed by atoms with E-state index < -0.39 is 11.9 Å². The van der Waals surface area contributed by atoms with Gasteiger partial charge in [-0.25, -0.2) is 9.59 Å². The minimum atomic E-state index is -0.560. The molecular weight excluding hydrogens is 220 g/mol. The molecule has 1 rings (SSSR count). The highest BCUT2D eigenvalue weighted by atomic mass is 16.6. The van der Waals surface area contributed by atoms with Gasteiger partial charge in [0.15, 0.2) is 0 Å². The minimum absolute atomic E-state index is 0.0957. The number of esters is 2. The lowest BCUT2D eigenvalue weighted by Gasteiger charge is -2.27. The SMILES string of the molecule is CCOC(=O)C(C(=O)OCC)=C(C)C1CCC1. The summed E-state index contributed by atoms with van der Waals surface area (Å²) in [5, 5.41) is 0. The summed E-state index contributed by atoms with van der Waals surface area (Å²) in [5.74, 6) is -0.787. The third kappa shape index (κ3) is 3.32. The first kappa shape index (κ1) is 13.7. The average Bonchev–Trinajstić information content (AvgIpc) is 2.15. The Bertz CT molecular complexity index is 306. The second kappa shape index (κ2) is 6.42. The molecule has 4 heteroatoms. The van der Waals surface area contributed by atoms with Crippen molar-refractivity contribution in [2.24, 2.45) is 5.92 Å². The van der Waals surface area contributed by atoms with Crippen LogP contribution in [0.3, 0.4) is 0 Å². The molecule has 1 aliphatic rings. The fourth-order valence-corrected chi connectivity index (χ4v) is 1.86. The summed E-state index contributed by atoms with van der Waals surface area (Å²) >= 11 is 0. The maximum atomic E-state index is 11.8. The molecule has 0 heterocycles. The van der Waals surface area contributed by atoms with Gasteiger partial charge in [-0.05, 0) is 45.1 Å². The highest BCUT2D eigenvalue weighted by Crippen LogP contribution is 2.34. The number of ether oxygens (including phenoxy) is 2. The topological polar surface area (TPSA) is 52.6 Å². The van der Waals surface area contributed by atoms with Crippen molar-refractivity contribution in [2.45, 2.75) is 40.0 Å². The van der Waals surface area contributed by atoms with Crippen molar-refractivity contribution in [3.8, 4) is 0 Å². The number of carbonyl (C=O) groups is 2. The van der Waals surface area contributed by atoms with E-state index in [9.17, 15) is 9.59 Å². The Hall–Kier alpha value is -1.32. The van der Waals surface area contributed by atoms with Crippen LogP contribution in [0.1, 0.15) is 40.0 Å². The van der Waals surface area contributed by atoms with E-state index in [1.807, 2.05) is 6.92 Å². The third-order valence-corrected chi connectivity index (χ3v) is 3.07. The van der Waals surface area contributed by atoms with Crippen LogP contribution in [0.15, 0.2) is 11.1 Å². The van der Waals surface area contributed by atoms with Gasteiger partial charge in [0.2, 0.25) is 0 Å². The molecule has 4 nitrogen and oxygen atoms in total. The number of carbonyl (C=O) groups excluding carboxylic acids is 2. The summed E-state index contributed by atoms with van der Waals surface area (Å²) in [4.78, 5) is 23.5. The van der Waals surface area contributed by atoms with Gasteiger partial charge >= 0.3 is 11.9 Å². The Labute approximate surface area is 102 Å². The number of rotatable bonds is 5. The first-order valence-electron chi connectivity index (χ1n) is 6.16. The van der Waals surface area contributed by atoms with Gasteiger partial charge in [0, 0.05) is 0 Å². The molecule has 1 aliphatic carbocycles. The number of hydrogen-bond acceptors (Lipinski definition) is 4. The average molecular weight is 240 g/mol. The van der Waals surface area contributed by atoms with E-state index in [2.05, 4.69) is 0 Å². The van der Waals surface area contributed by atoms with Crippen molar-refractivity contribution in [3.05, 3.63) is 11.1 Å². The molecule has 0 aliphatic heterocycles. The van der Waals surface area contributed by atoms with Gasteiger partial charge in [0.1, 0.15) is 5.57 Å². The van der Waals surface area contributed by atoms with Crippen LogP contribution in [0.5, 0.6) is 0 Å². The van der Waals surface area contributed by atoms with E-state index in [-0.39, 0.29) is 18.8 Å². The lowest BCUT2D eigenvalue weighted by Crippen LogP contribution is -2.24. The zero-order valence-corrected chi connectivity index (χ0v) is 10.7. The van der Waals surface area contributed by atoms with Gasteiger partial charge in [0.05, 0.1) is 13.2 Å². The smallest absolute Gasteiger partial charge is 0.345 e. The molecule has 1 fully saturated rings. The predicted octanol–water partition coefficient (Wildman–Crippen LogP) is 2.23. The van der Waals surface area contributed by atoms with Crippen molar-refractivity contribution in [1.29, 1.82) is 0 Å². The van der Waals surface area contributed by atoms with Crippen LogP contribution in [0.4, 0.5) is 0 Å². The highest BCUT2D eigenvalue weighted by Gasteiger charge is 2.30. The van der Waals surface area contributed by atoms with E-state index in [1.165, 1.54) is 0 Å². The second-order valence-corrected chi connectivity index (χ2v) is 4.13. The normalized spacial score (nSPS) is 14.8. The lowest BCUT2D eigenvalue weighted by molar-refractivity contribution is -0.146. The van der Waals surface area contributed by atoms with Crippen LogP contribution >= 0.6 is 0 Å². The van der Waals surface area contributed by atoms with Gasteiger partial charge in [-0.3, -0.25) is 0 Å². The lowest BCUT2D eigenvalue weighted by atomic mass is 9.78. The van der Waals surface area contributed by atoms with E-state index in [4.69, 9.17) is 9.47 Å². The molecule has 0 amide bonds. The van der Waals surface area contributed by atoms with E-state index in [0.717, 1.165) is 24.8 Å². The highest BCUT2D eigenvalue weighted by molar-refractivity contribution is 6.14. The van der Waals surface area contributed by atoms with Crippen LogP contribution in [0.2, 0.25) is 0 Å². The molecule has 0 saturated heterocycles. The summed E-state index contributed by atoms with van der Waals surface area (Å²) in [6.45, 7) is 5.80. The molecule has 0 radical (unpaired) electrons. The summed E-state index contributed by atoms with van der Waals surface area (Å²) in [5.41, 5.74) is 0.909. The molecule has 1 saturated carbocycles. The zero-order valence-electron chi connectivity index (χ0n) is 10.7. The molecule has 0 N–H and O–H groups in total. The van der Waals surface area contributed by atoms with E-state index in [1.54, 1.807) is 13.8 Å². The standard InChI is InChI=1S/C13H20O4/c1-4-16-12(14)11(13(15)17-5-2)9(3)10-7-6-8-10/h10H,4-8H2,1-3H3. The number of allylic oxidation sites excluding steroid dienone is 1. The quantitative estimate of drug-likeness (QED) is 0.320. The van der Waals surface area contributed by atoms with Crippen LogP contribution in [0.25, 0.3) is 0 Å². The Morgan fingerprint density at radius 1 is 1.06 bits per heavy atom. The third-order valence-electron chi connectivity index (χ3n) is 3.07. The minimum Gasteiger partial charge on any atom is -0.462 e. The van der Waals surface area contributed by atoms with Crippen molar-refractivity contribution in [1.82, 2.24) is 0 Å².